The van der Waals surface area contributed by atoms with Crippen LogP contribution in [0.25, 0.3) is 0 Å². The topological polar surface area (TPSA) is 120 Å². The fourth-order valence-corrected chi connectivity index (χ4v) is 8.10. The molecule has 240 valence electrons. The van der Waals surface area contributed by atoms with Crippen molar-refractivity contribution in [3.05, 3.63) is 47.0 Å². The van der Waals surface area contributed by atoms with Gasteiger partial charge in [0.2, 0.25) is 0 Å². The number of carbonyl (C=O) groups is 1. The molecule has 0 bridgehead atoms. The summed E-state index contributed by atoms with van der Waals surface area (Å²) in [6.45, 7) is 18.0. The Balaban J connectivity index is 1.95. The molecule has 2 aromatic rings. The molecular weight excluding hydrogens is 586 g/mol. The van der Waals surface area contributed by atoms with Crippen molar-refractivity contribution in [2.75, 3.05) is 26.3 Å². The molecule has 0 radical (unpaired) electrons. The highest BCUT2D eigenvalue weighted by atomic mass is 32.2. The number of phenols is 1. The van der Waals surface area contributed by atoms with Crippen molar-refractivity contribution in [1.29, 1.82) is 0 Å². The molecule has 43 heavy (non-hydrogen) atoms. The van der Waals surface area contributed by atoms with E-state index in [1.807, 2.05) is 32.0 Å². The van der Waals surface area contributed by atoms with Crippen molar-refractivity contribution in [1.82, 2.24) is 4.90 Å². The molecule has 1 saturated heterocycles. The van der Waals surface area contributed by atoms with E-state index in [-0.39, 0.29) is 34.0 Å². The zero-order valence-electron chi connectivity index (χ0n) is 26.8. The van der Waals surface area contributed by atoms with Gasteiger partial charge in [-0.15, -0.1) is 23.5 Å². The second-order valence-electron chi connectivity index (χ2n) is 13.2. The minimum atomic E-state index is -1.80. The van der Waals surface area contributed by atoms with Crippen LogP contribution in [0.3, 0.4) is 0 Å². The normalized spacial score (nSPS) is 16.3. The summed E-state index contributed by atoms with van der Waals surface area (Å²) >= 11 is 3.58. The molecule has 10 heteroatoms. The smallest absolute Gasteiger partial charge is 0.409 e. The summed E-state index contributed by atoms with van der Waals surface area (Å²) in [5, 5.41) is 39.0. The largest absolute Gasteiger partial charge is 0.507 e. The number of carbonyl (C=O) groups excluding carboxylic acids is 1. The number of phenolic OH excluding ortho intramolecular Hbond substituents is 1. The molecule has 0 unspecified atom stereocenters. The Bertz CT molecular complexity index is 1250. The number of amides is 1. The van der Waals surface area contributed by atoms with E-state index >= 15 is 0 Å². The van der Waals surface area contributed by atoms with Crippen LogP contribution < -0.4 is 4.74 Å². The number of hydrogen-bond acceptors (Lipinski definition) is 9. The molecule has 8 nitrogen and oxygen atoms in total. The summed E-state index contributed by atoms with van der Waals surface area (Å²) in [6.07, 6.45) is -1.76. The molecule has 1 heterocycles. The van der Waals surface area contributed by atoms with E-state index in [0.717, 1.165) is 39.3 Å². The van der Waals surface area contributed by atoms with Crippen LogP contribution in [0.5, 0.6) is 11.5 Å². The molecular formula is C33H49NO7S2. The van der Waals surface area contributed by atoms with Crippen LogP contribution in [0, 0.1) is 6.92 Å². The molecule has 0 aromatic heterocycles. The highest BCUT2D eigenvalue weighted by molar-refractivity contribution is 8.18. The lowest BCUT2D eigenvalue weighted by molar-refractivity contribution is -0.125. The fourth-order valence-electron chi connectivity index (χ4n) is 5.00. The molecule has 1 atom stereocenters. The number of aryl methyl sites for hydroxylation is 1. The van der Waals surface area contributed by atoms with E-state index in [0.29, 0.717) is 31.2 Å². The number of aromatic hydroxyl groups is 1. The number of aliphatic hydroxyl groups excluding tert-OH is 2. The zero-order chi connectivity index (χ0) is 32.2. The quantitative estimate of drug-likeness (QED) is 0.215. The van der Waals surface area contributed by atoms with E-state index in [1.165, 1.54) is 0 Å². The lowest BCUT2D eigenvalue weighted by Gasteiger charge is -2.41. The van der Waals surface area contributed by atoms with Gasteiger partial charge < -0.3 is 34.8 Å². The molecule has 1 amide bonds. The number of hydrogen-bond donors (Lipinski definition) is 4. The van der Waals surface area contributed by atoms with Crippen molar-refractivity contribution < 1.29 is 34.7 Å². The van der Waals surface area contributed by atoms with Gasteiger partial charge in [-0.1, -0.05) is 41.5 Å². The highest BCUT2D eigenvalue weighted by Gasteiger charge is 2.39. The number of ether oxygens (including phenoxy) is 2. The van der Waals surface area contributed by atoms with Crippen LogP contribution in [0.15, 0.2) is 40.1 Å². The van der Waals surface area contributed by atoms with Gasteiger partial charge in [0.05, 0.1) is 17.3 Å². The van der Waals surface area contributed by atoms with Crippen LogP contribution in [-0.2, 0) is 15.6 Å². The summed E-state index contributed by atoms with van der Waals surface area (Å²) in [7, 11) is 0. The maximum Gasteiger partial charge on any atom is 0.409 e. The van der Waals surface area contributed by atoms with E-state index < -0.39 is 12.4 Å². The minimum absolute atomic E-state index is 0.0943. The number of piperidine rings is 1. The standard InChI is InChI=1S/C33H49NO7S2/c1-9-40-30(39)34-15-13-33(14-16-34,43-23-18-21(2)28(36)25(20-23)32(6,7)8)42-22-10-11-27(24(19-22)31(3,4)5)41-17-12-26(35)29(37)38/h10-11,18-20,26,29,35-38H,9,12-17H2,1-8H3/t26-/m0/s1. The summed E-state index contributed by atoms with van der Waals surface area (Å²) in [4.78, 5) is 16.5. The second-order valence-corrected chi connectivity index (χ2v) is 16.4. The lowest BCUT2D eigenvalue weighted by Crippen LogP contribution is -2.44. The van der Waals surface area contributed by atoms with E-state index in [9.17, 15) is 25.2 Å². The number of thioether (sulfide) groups is 2. The van der Waals surface area contributed by atoms with Gasteiger partial charge in [0.25, 0.3) is 0 Å². The first-order valence-corrected chi connectivity index (χ1v) is 16.5. The van der Waals surface area contributed by atoms with Crippen LogP contribution >= 0.6 is 23.5 Å². The third-order valence-electron chi connectivity index (χ3n) is 7.52. The molecule has 0 spiro atoms. The zero-order valence-corrected chi connectivity index (χ0v) is 28.4. The first-order valence-electron chi connectivity index (χ1n) is 14.9. The Morgan fingerprint density at radius 3 is 2.09 bits per heavy atom. The van der Waals surface area contributed by atoms with Crippen molar-refractivity contribution in [2.45, 2.75) is 112 Å². The van der Waals surface area contributed by atoms with Crippen molar-refractivity contribution in [3.63, 3.8) is 0 Å². The van der Waals surface area contributed by atoms with Gasteiger partial charge >= 0.3 is 6.09 Å². The van der Waals surface area contributed by atoms with Crippen LogP contribution in [0.2, 0.25) is 0 Å². The Labute approximate surface area is 265 Å². The highest BCUT2D eigenvalue weighted by Crippen LogP contribution is 2.53. The Morgan fingerprint density at radius 1 is 0.953 bits per heavy atom. The predicted molar refractivity (Wildman–Crippen MR) is 173 cm³/mol. The molecule has 3 rings (SSSR count). The Morgan fingerprint density at radius 2 is 1.53 bits per heavy atom. The number of benzene rings is 2. The predicted octanol–water partition coefficient (Wildman–Crippen LogP) is 6.57. The molecule has 1 aliphatic heterocycles. The van der Waals surface area contributed by atoms with Crippen molar-refractivity contribution >= 4 is 29.6 Å². The Hall–Kier alpha value is -2.11. The molecule has 1 aliphatic rings. The van der Waals surface area contributed by atoms with Gasteiger partial charge in [-0.25, -0.2) is 4.79 Å². The average Bonchev–Trinajstić information content (AvgIpc) is 2.90. The van der Waals surface area contributed by atoms with E-state index in [1.54, 1.807) is 28.4 Å². The first-order chi connectivity index (χ1) is 20.0. The summed E-state index contributed by atoms with van der Waals surface area (Å²) < 4.78 is 11.0. The SMILES string of the molecule is CCOC(=O)N1CCC(Sc2ccc(OCC[C@H](O)C(O)O)c(C(C)(C)C)c2)(Sc2cc(C)c(O)c(C(C)(C)C)c2)CC1. The summed E-state index contributed by atoms with van der Waals surface area (Å²) in [5.41, 5.74) is 2.31. The van der Waals surface area contributed by atoms with Gasteiger partial charge in [0.15, 0.2) is 6.29 Å². The van der Waals surface area contributed by atoms with Gasteiger partial charge in [0, 0.05) is 40.4 Å². The Kier molecular flexibility index (Phi) is 11.8. The number of nitrogens with zero attached hydrogens (tertiary/aromatic N) is 1. The lowest BCUT2D eigenvalue weighted by atomic mass is 9.85. The van der Waals surface area contributed by atoms with Crippen LogP contribution in [0.4, 0.5) is 4.79 Å². The minimum Gasteiger partial charge on any atom is -0.507 e. The van der Waals surface area contributed by atoms with Gasteiger partial charge in [0.1, 0.15) is 17.6 Å². The molecule has 0 saturated carbocycles. The summed E-state index contributed by atoms with van der Waals surface area (Å²) in [6, 6.07) is 10.3. The monoisotopic (exact) mass is 635 g/mol. The molecule has 4 N–H and O–H groups in total. The molecule has 2 aromatic carbocycles. The average molecular weight is 636 g/mol. The third kappa shape index (κ3) is 9.44. The number of likely N-dealkylation sites (tertiary alicyclic amines) is 1. The van der Waals surface area contributed by atoms with Gasteiger partial charge in [-0.05, 0) is 73.4 Å². The molecule has 0 aliphatic carbocycles. The van der Waals surface area contributed by atoms with Gasteiger partial charge in [-0.2, -0.15) is 0 Å². The van der Waals surface area contributed by atoms with Crippen molar-refractivity contribution in [2.24, 2.45) is 0 Å². The van der Waals surface area contributed by atoms with Crippen LogP contribution in [0.1, 0.15) is 84.4 Å². The van der Waals surface area contributed by atoms with E-state index in [4.69, 9.17) is 9.47 Å². The van der Waals surface area contributed by atoms with Crippen LogP contribution in [-0.4, -0.2) is 74.2 Å². The maximum absolute atomic E-state index is 12.5. The fraction of sp³-hybridized carbons (Fsp3) is 0.606. The van der Waals surface area contributed by atoms with Gasteiger partial charge in [-0.3, -0.25) is 0 Å². The number of aliphatic hydroxyl groups is 3. The summed E-state index contributed by atoms with van der Waals surface area (Å²) in [5.74, 6) is 1.03. The molecule has 1 fully saturated rings. The van der Waals surface area contributed by atoms with E-state index in [2.05, 4.69) is 53.7 Å². The third-order valence-corrected chi connectivity index (χ3v) is 10.5. The van der Waals surface area contributed by atoms with Crippen molar-refractivity contribution in [3.8, 4) is 11.5 Å². The maximum atomic E-state index is 12.5. The first kappa shape index (κ1) is 35.4. The number of rotatable bonds is 10. The second kappa shape index (κ2) is 14.3.